The minimum Gasteiger partial charge on any atom is -0.476 e. The van der Waals surface area contributed by atoms with Gasteiger partial charge in [-0.2, -0.15) is 0 Å². The fourth-order valence-electron chi connectivity index (χ4n) is 2.27. The summed E-state index contributed by atoms with van der Waals surface area (Å²) >= 11 is 0. The Morgan fingerprint density at radius 1 is 1.17 bits per heavy atom. The number of aromatic carboxylic acids is 1. The van der Waals surface area contributed by atoms with E-state index in [1.807, 2.05) is 13.0 Å². The Labute approximate surface area is 137 Å². The van der Waals surface area contributed by atoms with Crippen molar-refractivity contribution < 1.29 is 14.7 Å². The van der Waals surface area contributed by atoms with Crippen LogP contribution in [0.5, 0.6) is 0 Å². The van der Waals surface area contributed by atoms with Crippen molar-refractivity contribution in [3.05, 3.63) is 59.4 Å². The zero-order valence-electron chi connectivity index (χ0n) is 13.1. The molecule has 7 nitrogen and oxygen atoms in total. The number of fused-ring (bicyclic) bond motifs is 1. The van der Waals surface area contributed by atoms with Gasteiger partial charge in [0.25, 0.3) is 0 Å². The number of imidazole rings is 1. The van der Waals surface area contributed by atoms with Gasteiger partial charge >= 0.3 is 5.97 Å². The second-order valence-corrected chi connectivity index (χ2v) is 5.33. The van der Waals surface area contributed by atoms with E-state index in [0.717, 1.165) is 5.56 Å². The Hall–Kier alpha value is -3.35. The third kappa shape index (κ3) is 2.91. The number of carboxylic acid groups (broad SMARTS) is 1. The number of carbonyl (C=O) groups excluding carboxylic acids is 1. The molecule has 0 bridgehead atoms. The number of hydrogen-bond acceptors (Lipinski definition) is 5. The molecule has 0 aliphatic carbocycles. The van der Waals surface area contributed by atoms with Crippen LogP contribution in [-0.2, 0) is 0 Å². The standard InChI is InChI=1S/C17H14N4O3/c1-10-6-7-14-18-15(17(23)24)16(21(14)9-10)20-19-13-5-3-4-12(8-13)11(2)22/h3-9H,1-2H3,(H,23,24). The van der Waals surface area contributed by atoms with Crippen LogP contribution >= 0.6 is 0 Å². The second-order valence-electron chi connectivity index (χ2n) is 5.33. The van der Waals surface area contributed by atoms with Crippen LogP contribution in [-0.4, -0.2) is 26.2 Å². The first kappa shape index (κ1) is 15.5. The van der Waals surface area contributed by atoms with Gasteiger partial charge in [-0.05, 0) is 37.6 Å². The molecular formula is C17H14N4O3. The van der Waals surface area contributed by atoms with Crippen LogP contribution in [0.4, 0.5) is 11.5 Å². The Bertz CT molecular complexity index is 989. The van der Waals surface area contributed by atoms with E-state index in [-0.39, 0.29) is 17.3 Å². The van der Waals surface area contributed by atoms with Crippen molar-refractivity contribution >= 4 is 28.9 Å². The quantitative estimate of drug-likeness (QED) is 0.581. The van der Waals surface area contributed by atoms with E-state index >= 15 is 0 Å². The summed E-state index contributed by atoms with van der Waals surface area (Å²) in [6, 6.07) is 10.2. The third-order valence-corrected chi connectivity index (χ3v) is 3.46. The lowest BCUT2D eigenvalue weighted by molar-refractivity contribution is 0.0692. The summed E-state index contributed by atoms with van der Waals surface area (Å²) < 4.78 is 1.58. The second kappa shape index (κ2) is 6.04. The lowest BCUT2D eigenvalue weighted by atomic mass is 10.1. The number of nitrogens with zero attached hydrogens (tertiary/aromatic N) is 4. The normalized spacial score (nSPS) is 11.2. The highest BCUT2D eigenvalue weighted by molar-refractivity contribution is 5.94. The van der Waals surface area contributed by atoms with Crippen molar-refractivity contribution in [1.82, 2.24) is 9.38 Å². The average molecular weight is 322 g/mol. The summed E-state index contributed by atoms with van der Waals surface area (Å²) in [7, 11) is 0. The number of carboxylic acids is 1. The van der Waals surface area contributed by atoms with Gasteiger partial charge in [-0.15, -0.1) is 10.2 Å². The summed E-state index contributed by atoms with van der Waals surface area (Å²) in [5.41, 5.74) is 2.21. The molecule has 2 heterocycles. The van der Waals surface area contributed by atoms with E-state index in [4.69, 9.17) is 0 Å². The molecular weight excluding hydrogens is 308 g/mol. The number of aryl methyl sites for hydroxylation is 1. The van der Waals surface area contributed by atoms with Gasteiger partial charge in [-0.25, -0.2) is 9.78 Å². The van der Waals surface area contributed by atoms with Crippen LogP contribution < -0.4 is 0 Å². The number of azo groups is 1. The fourth-order valence-corrected chi connectivity index (χ4v) is 2.27. The molecule has 0 aliphatic heterocycles. The number of rotatable bonds is 4. The van der Waals surface area contributed by atoms with Crippen molar-refractivity contribution in [1.29, 1.82) is 0 Å². The van der Waals surface area contributed by atoms with E-state index in [9.17, 15) is 14.7 Å². The molecule has 0 aliphatic rings. The number of carbonyl (C=O) groups is 2. The zero-order valence-corrected chi connectivity index (χ0v) is 13.1. The summed E-state index contributed by atoms with van der Waals surface area (Å²) in [6.45, 7) is 3.35. The predicted octanol–water partition coefficient (Wildman–Crippen LogP) is 3.96. The molecule has 3 rings (SSSR count). The molecule has 3 aromatic rings. The van der Waals surface area contributed by atoms with E-state index in [0.29, 0.717) is 16.9 Å². The van der Waals surface area contributed by atoms with Gasteiger partial charge in [-0.1, -0.05) is 18.2 Å². The molecule has 7 heteroatoms. The summed E-state index contributed by atoms with van der Waals surface area (Å²) in [5.74, 6) is -1.12. The maximum Gasteiger partial charge on any atom is 0.358 e. The first-order valence-electron chi connectivity index (χ1n) is 7.20. The highest BCUT2D eigenvalue weighted by Gasteiger charge is 2.18. The van der Waals surface area contributed by atoms with Crippen molar-refractivity contribution in [3.8, 4) is 0 Å². The van der Waals surface area contributed by atoms with Crippen LogP contribution in [0.3, 0.4) is 0 Å². The molecule has 2 aromatic heterocycles. The highest BCUT2D eigenvalue weighted by atomic mass is 16.4. The van der Waals surface area contributed by atoms with E-state index in [1.54, 1.807) is 40.9 Å². The molecule has 0 saturated carbocycles. The third-order valence-electron chi connectivity index (χ3n) is 3.46. The van der Waals surface area contributed by atoms with Crippen LogP contribution in [0.2, 0.25) is 0 Å². The molecule has 0 unspecified atom stereocenters. The average Bonchev–Trinajstić information content (AvgIpc) is 2.91. The van der Waals surface area contributed by atoms with Crippen LogP contribution in [0.25, 0.3) is 5.65 Å². The molecule has 120 valence electrons. The topological polar surface area (TPSA) is 96.4 Å². The van der Waals surface area contributed by atoms with Crippen molar-refractivity contribution in [2.24, 2.45) is 10.2 Å². The van der Waals surface area contributed by atoms with E-state index < -0.39 is 5.97 Å². The molecule has 1 aromatic carbocycles. The van der Waals surface area contributed by atoms with Gasteiger partial charge in [0.15, 0.2) is 17.3 Å². The van der Waals surface area contributed by atoms with Gasteiger partial charge in [0.2, 0.25) is 0 Å². The molecule has 24 heavy (non-hydrogen) atoms. The number of benzene rings is 1. The van der Waals surface area contributed by atoms with Crippen molar-refractivity contribution in [3.63, 3.8) is 0 Å². The van der Waals surface area contributed by atoms with Crippen LogP contribution in [0.1, 0.15) is 33.3 Å². The van der Waals surface area contributed by atoms with Crippen molar-refractivity contribution in [2.75, 3.05) is 0 Å². The maximum atomic E-state index is 11.4. The molecule has 1 N–H and O–H groups in total. The highest BCUT2D eigenvalue weighted by Crippen LogP contribution is 2.25. The lowest BCUT2D eigenvalue weighted by Gasteiger charge is -1.99. The summed E-state index contributed by atoms with van der Waals surface area (Å²) in [6.07, 6.45) is 1.75. The predicted molar refractivity (Wildman–Crippen MR) is 87.5 cm³/mol. The fraction of sp³-hybridized carbons (Fsp3) is 0.118. The number of aromatic nitrogens is 2. The maximum absolute atomic E-state index is 11.4. The van der Waals surface area contributed by atoms with Gasteiger partial charge < -0.3 is 5.11 Å². The number of Topliss-reactive ketones (excluding diaryl/α,β-unsaturated/α-hetero) is 1. The minimum absolute atomic E-state index is 0.0799. The molecule has 0 fully saturated rings. The molecule has 0 saturated heterocycles. The summed E-state index contributed by atoms with van der Waals surface area (Å²) in [4.78, 5) is 26.9. The van der Waals surface area contributed by atoms with E-state index in [2.05, 4.69) is 15.2 Å². The number of ketones is 1. The molecule has 0 amide bonds. The molecule has 0 spiro atoms. The zero-order chi connectivity index (χ0) is 17.3. The monoisotopic (exact) mass is 322 g/mol. The molecule has 0 radical (unpaired) electrons. The van der Waals surface area contributed by atoms with Gasteiger partial charge in [0.05, 0.1) is 5.69 Å². The van der Waals surface area contributed by atoms with Crippen molar-refractivity contribution in [2.45, 2.75) is 13.8 Å². The van der Waals surface area contributed by atoms with Gasteiger partial charge in [-0.3, -0.25) is 9.20 Å². The number of hydrogen-bond donors (Lipinski definition) is 1. The minimum atomic E-state index is -1.18. The Morgan fingerprint density at radius 3 is 2.67 bits per heavy atom. The number of pyridine rings is 1. The molecule has 0 atom stereocenters. The van der Waals surface area contributed by atoms with E-state index in [1.165, 1.54) is 6.92 Å². The SMILES string of the molecule is CC(=O)c1cccc(N=Nc2c(C(=O)O)nc3ccc(C)cn23)c1. The Kier molecular flexibility index (Phi) is 3.91. The van der Waals surface area contributed by atoms with Crippen LogP contribution in [0.15, 0.2) is 52.8 Å². The largest absolute Gasteiger partial charge is 0.476 e. The first-order chi connectivity index (χ1) is 11.5. The Balaban J connectivity index is 2.10. The van der Waals surface area contributed by atoms with Gasteiger partial charge in [0.1, 0.15) is 5.65 Å². The van der Waals surface area contributed by atoms with Gasteiger partial charge in [0, 0.05) is 11.8 Å². The first-order valence-corrected chi connectivity index (χ1v) is 7.20. The van der Waals surface area contributed by atoms with Crippen LogP contribution in [0, 0.1) is 6.92 Å². The summed E-state index contributed by atoms with van der Waals surface area (Å²) in [5, 5.41) is 17.5. The Morgan fingerprint density at radius 2 is 1.96 bits per heavy atom. The lowest BCUT2D eigenvalue weighted by Crippen LogP contribution is -1.96. The smallest absolute Gasteiger partial charge is 0.358 e.